The molecule has 0 aromatic carbocycles. The molecule has 1 aliphatic rings. The molecule has 1 saturated carbocycles. The molecule has 0 saturated heterocycles. The summed E-state index contributed by atoms with van der Waals surface area (Å²) in [5.41, 5.74) is 0.202. The van der Waals surface area contributed by atoms with Crippen molar-refractivity contribution in [2.24, 2.45) is 5.92 Å². The predicted molar refractivity (Wildman–Crippen MR) is 68.5 cm³/mol. The van der Waals surface area contributed by atoms with Gasteiger partial charge in [0.25, 0.3) is 5.91 Å². The first kappa shape index (κ1) is 12.7. The van der Waals surface area contributed by atoms with Crippen LogP contribution in [-0.2, 0) is 0 Å². The van der Waals surface area contributed by atoms with Crippen LogP contribution in [0.1, 0.15) is 36.2 Å². The fourth-order valence-corrected chi connectivity index (χ4v) is 2.17. The third-order valence-electron chi connectivity index (χ3n) is 3.09. The average molecular weight is 273 g/mol. The maximum atomic E-state index is 11.8. The SMILES string of the molecule is O=C(NCCC1CCC1)c1nc(Cl)ccc1Cl. The van der Waals surface area contributed by atoms with Crippen LogP contribution in [0.4, 0.5) is 0 Å². The lowest BCUT2D eigenvalue weighted by atomic mass is 9.83. The summed E-state index contributed by atoms with van der Waals surface area (Å²) in [5.74, 6) is 0.523. The number of nitrogens with zero attached hydrogens (tertiary/aromatic N) is 1. The zero-order valence-electron chi connectivity index (χ0n) is 9.38. The molecule has 3 nitrogen and oxygen atoms in total. The largest absolute Gasteiger partial charge is 0.351 e. The van der Waals surface area contributed by atoms with E-state index in [-0.39, 0.29) is 16.8 Å². The Balaban J connectivity index is 1.87. The predicted octanol–water partition coefficient (Wildman–Crippen LogP) is 3.31. The van der Waals surface area contributed by atoms with Crippen molar-refractivity contribution >= 4 is 29.1 Å². The molecule has 1 aliphatic carbocycles. The van der Waals surface area contributed by atoms with E-state index in [1.54, 1.807) is 12.1 Å². The topological polar surface area (TPSA) is 42.0 Å². The number of pyridine rings is 1. The number of nitrogens with one attached hydrogen (secondary N) is 1. The molecule has 0 atom stereocenters. The molecule has 0 spiro atoms. The average Bonchev–Trinajstić information content (AvgIpc) is 2.25. The maximum absolute atomic E-state index is 11.8. The van der Waals surface area contributed by atoms with E-state index in [2.05, 4.69) is 10.3 Å². The third-order valence-corrected chi connectivity index (χ3v) is 3.61. The molecular weight excluding hydrogens is 259 g/mol. The van der Waals surface area contributed by atoms with E-state index in [0.717, 1.165) is 12.3 Å². The van der Waals surface area contributed by atoms with E-state index in [0.29, 0.717) is 11.6 Å². The van der Waals surface area contributed by atoms with Crippen molar-refractivity contribution < 1.29 is 4.79 Å². The number of carbonyl (C=O) groups is 1. The van der Waals surface area contributed by atoms with Crippen molar-refractivity contribution in [1.82, 2.24) is 10.3 Å². The van der Waals surface area contributed by atoms with Crippen molar-refractivity contribution in [3.05, 3.63) is 28.0 Å². The maximum Gasteiger partial charge on any atom is 0.271 e. The van der Waals surface area contributed by atoms with Gasteiger partial charge in [-0.05, 0) is 24.5 Å². The third kappa shape index (κ3) is 3.33. The van der Waals surface area contributed by atoms with Crippen LogP contribution in [0.5, 0.6) is 0 Å². The fourth-order valence-electron chi connectivity index (χ4n) is 1.83. The molecule has 1 aromatic rings. The van der Waals surface area contributed by atoms with Crippen molar-refractivity contribution in [1.29, 1.82) is 0 Å². The van der Waals surface area contributed by atoms with Gasteiger partial charge >= 0.3 is 0 Å². The summed E-state index contributed by atoms with van der Waals surface area (Å²) in [4.78, 5) is 15.7. The van der Waals surface area contributed by atoms with Crippen LogP contribution in [-0.4, -0.2) is 17.4 Å². The first-order chi connectivity index (χ1) is 8.16. The van der Waals surface area contributed by atoms with Gasteiger partial charge in [-0.25, -0.2) is 4.98 Å². The molecule has 1 N–H and O–H groups in total. The lowest BCUT2D eigenvalue weighted by Gasteiger charge is -2.25. The highest BCUT2D eigenvalue weighted by Gasteiger charge is 2.18. The van der Waals surface area contributed by atoms with Crippen molar-refractivity contribution in [2.45, 2.75) is 25.7 Å². The van der Waals surface area contributed by atoms with Crippen molar-refractivity contribution in [2.75, 3.05) is 6.54 Å². The fraction of sp³-hybridized carbons (Fsp3) is 0.500. The number of hydrogen-bond donors (Lipinski definition) is 1. The Labute approximate surface area is 111 Å². The van der Waals surface area contributed by atoms with Crippen LogP contribution < -0.4 is 5.32 Å². The minimum atomic E-state index is -0.253. The number of carbonyl (C=O) groups excluding carboxylic acids is 1. The van der Waals surface area contributed by atoms with Crippen LogP contribution in [0.15, 0.2) is 12.1 Å². The van der Waals surface area contributed by atoms with Crippen molar-refractivity contribution in [3.8, 4) is 0 Å². The zero-order valence-corrected chi connectivity index (χ0v) is 10.9. The summed E-state index contributed by atoms with van der Waals surface area (Å²) in [5, 5.41) is 3.43. The van der Waals surface area contributed by atoms with Gasteiger partial charge in [-0.2, -0.15) is 0 Å². The number of amides is 1. The molecule has 1 heterocycles. The normalized spacial score (nSPS) is 15.4. The minimum Gasteiger partial charge on any atom is -0.351 e. The molecule has 1 fully saturated rings. The number of rotatable bonds is 4. The smallest absolute Gasteiger partial charge is 0.271 e. The van der Waals surface area contributed by atoms with E-state index in [1.807, 2.05) is 0 Å². The van der Waals surface area contributed by atoms with E-state index >= 15 is 0 Å². The molecule has 1 amide bonds. The minimum absolute atomic E-state index is 0.202. The highest BCUT2D eigenvalue weighted by Crippen LogP contribution is 2.28. The summed E-state index contributed by atoms with van der Waals surface area (Å²) >= 11 is 11.6. The van der Waals surface area contributed by atoms with E-state index in [1.165, 1.54) is 19.3 Å². The van der Waals surface area contributed by atoms with Gasteiger partial charge in [0, 0.05) is 6.54 Å². The highest BCUT2D eigenvalue weighted by molar-refractivity contribution is 6.34. The quantitative estimate of drug-likeness (QED) is 0.855. The number of halogens is 2. The zero-order chi connectivity index (χ0) is 12.3. The summed E-state index contributed by atoms with van der Waals surface area (Å²) in [6.45, 7) is 0.675. The molecule has 2 rings (SSSR count). The van der Waals surface area contributed by atoms with E-state index < -0.39 is 0 Å². The molecule has 1 aromatic heterocycles. The van der Waals surface area contributed by atoms with Crippen LogP contribution >= 0.6 is 23.2 Å². The van der Waals surface area contributed by atoms with Gasteiger partial charge in [0.05, 0.1) is 5.02 Å². The molecule has 0 aliphatic heterocycles. The Morgan fingerprint density at radius 1 is 1.41 bits per heavy atom. The molecule has 92 valence electrons. The first-order valence-electron chi connectivity index (χ1n) is 5.77. The lowest BCUT2D eigenvalue weighted by molar-refractivity contribution is 0.0944. The van der Waals surface area contributed by atoms with Crippen LogP contribution in [0.3, 0.4) is 0 Å². The summed E-state index contributed by atoms with van der Waals surface area (Å²) < 4.78 is 0. The molecule has 0 unspecified atom stereocenters. The number of aromatic nitrogens is 1. The highest BCUT2D eigenvalue weighted by atomic mass is 35.5. The lowest BCUT2D eigenvalue weighted by Crippen LogP contribution is -2.28. The van der Waals surface area contributed by atoms with Gasteiger partial charge in [0.15, 0.2) is 0 Å². The van der Waals surface area contributed by atoms with E-state index in [9.17, 15) is 4.79 Å². The first-order valence-corrected chi connectivity index (χ1v) is 6.52. The summed E-state index contributed by atoms with van der Waals surface area (Å²) in [7, 11) is 0. The van der Waals surface area contributed by atoms with Gasteiger partial charge in [-0.3, -0.25) is 4.79 Å². The Morgan fingerprint density at radius 3 is 2.82 bits per heavy atom. The second-order valence-electron chi connectivity index (χ2n) is 4.31. The van der Waals surface area contributed by atoms with Gasteiger partial charge < -0.3 is 5.32 Å². The summed E-state index contributed by atoms with van der Waals surface area (Å²) in [6, 6.07) is 3.15. The molecular formula is C12H14Cl2N2O. The van der Waals surface area contributed by atoms with Gasteiger partial charge in [-0.15, -0.1) is 0 Å². The van der Waals surface area contributed by atoms with Gasteiger partial charge in [0.1, 0.15) is 10.8 Å². The Hall–Kier alpha value is -0.800. The standard InChI is InChI=1S/C12H14Cl2N2O/c13-9-4-5-10(14)16-11(9)12(17)15-7-6-8-2-1-3-8/h4-5,8H,1-3,6-7H2,(H,15,17). The van der Waals surface area contributed by atoms with Gasteiger partial charge in [-0.1, -0.05) is 42.5 Å². The molecule has 17 heavy (non-hydrogen) atoms. The van der Waals surface area contributed by atoms with Gasteiger partial charge in [0.2, 0.25) is 0 Å². The summed E-state index contributed by atoms with van der Waals surface area (Å²) in [6.07, 6.45) is 4.92. The van der Waals surface area contributed by atoms with E-state index in [4.69, 9.17) is 23.2 Å². The van der Waals surface area contributed by atoms with Crippen LogP contribution in [0.2, 0.25) is 10.2 Å². The van der Waals surface area contributed by atoms with Crippen molar-refractivity contribution in [3.63, 3.8) is 0 Å². The number of hydrogen-bond acceptors (Lipinski definition) is 2. The second-order valence-corrected chi connectivity index (χ2v) is 5.10. The Kier molecular flexibility index (Phi) is 4.24. The Bertz CT molecular complexity index is 419. The molecule has 0 radical (unpaired) electrons. The van der Waals surface area contributed by atoms with Crippen LogP contribution in [0, 0.1) is 5.92 Å². The monoisotopic (exact) mass is 272 g/mol. The second kappa shape index (κ2) is 5.69. The Morgan fingerprint density at radius 2 is 2.18 bits per heavy atom. The molecule has 5 heteroatoms. The molecule has 0 bridgehead atoms. The van der Waals surface area contributed by atoms with Crippen LogP contribution in [0.25, 0.3) is 0 Å².